The van der Waals surface area contributed by atoms with E-state index in [1.54, 1.807) is 24.3 Å². The van der Waals surface area contributed by atoms with Gasteiger partial charge in [0.1, 0.15) is 6.10 Å². The third kappa shape index (κ3) is 6.26. The van der Waals surface area contributed by atoms with Crippen LogP contribution in [0.15, 0.2) is 72.8 Å². The molecule has 0 saturated heterocycles. The maximum Gasteiger partial charge on any atom is 0.412 e. The lowest BCUT2D eigenvalue weighted by Gasteiger charge is -2.25. The summed E-state index contributed by atoms with van der Waals surface area (Å²) in [4.78, 5) is 24.1. The Morgan fingerprint density at radius 3 is 2.59 bits per heavy atom. The summed E-state index contributed by atoms with van der Waals surface area (Å²) >= 11 is 0. The predicted octanol–water partition coefficient (Wildman–Crippen LogP) is 5.32. The zero-order valence-corrected chi connectivity index (χ0v) is 19.0. The van der Waals surface area contributed by atoms with Crippen molar-refractivity contribution in [1.82, 2.24) is 5.48 Å². The van der Waals surface area contributed by atoms with Crippen LogP contribution in [-0.4, -0.2) is 29.4 Å². The van der Waals surface area contributed by atoms with E-state index in [1.165, 1.54) is 24.7 Å². The molecule has 0 aliphatic heterocycles. The lowest BCUT2D eigenvalue weighted by molar-refractivity contribution is -0.124. The van der Waals surface area contributed by atoms with Crippen molar-refractivity contribution in [2.75, 3.05) is 12.4 Å². The van der Waals surface area contributed by atoms with E-state index >= 15 is 0 Å². The number of phenols is 1. The summed E-state index contributed by atoms with van der Waals surface area (Å²) in [6.07, 6.45) is 2.65. The molecule has 8 nitrogen and oxygen atoms in total. The van der Waals surface area contributed by atoms with Gasteiger partial charge in [-0.05, 0) is 47.9 Å². The Bertz CT molecular complexity index is 1170. The van der Waals surface area contributed by atoms with E-state index in [2.05, 4.69) is 5.32 Å². The number of ether oxygens (including phenoxy) is 2. The lowest BCUT2D eigenvalue weighted by atomic mass is 9.92. The van der Waals surface area contributed by atoms with Crippen LogP contribution in [0.3, 0.4) is 0 Å². The van der Waals surface area contributed by atoms with Crippen LogP contribution < -0.4 is 15.5 Å². The number of aromatic hydroxyl groups is 1. The van der Waals surface area contributed by atoms with Crippen LogP contribution >= 0.6 is 0 Å². The highest BCUT2D eigenvalue weighted by molar-refractivity contribution is 6.00. The van der Waals surface area contributed by atoms with Gasteiger partial charge in [0.25, 0.3) is 5.91 Å². The van der Waals surface area contributed by atoms with Crippen molar-refractivity contribution >= 4 is 28.5 Å². The largest absolute Gasteiger partial charge is 0.504 e. The minimum atomic E-state index is -0.674. The van der Waals surface area contributed by atoms with Crippen LogP contribution in [0.2, 0.25) is 0 Å². The number of allylic oxidation sites excluding steroid dienone is 1. The fourth-order valence-corrected chi connectivity index (χ4v) is 3.72. The number of nitrogens with one attached hydrogen (secondary N) is 2. The number of phenolic OH excluding ortho intramolecular Hbond substituents is 1. The molecule has 0 heterocycles. The number of hydroxylamine groups is 1. The summed E-state index contributed by atoms with van der Waals surface area (Å²) in [6, 6.07) is 18.2. The second-order valence-corrected chi connectivity index (χ2v) is 7.84. The van der Waals surface area contributed by atoms with E-state index < -0.39 is 18.1 Å². The highest BCUT2D eigenvalue weighted by Gasteiger charge is 2.25. The quantitative estimate of drug-likeness (QED) is 0.193. The van der Waals surface area contributed by atoms with Gasteiger partial charge in [-0.1, -0.05) is 55.5 Å². The molecule has 2 atom stereocenters. The third-order valence-electron chi connectivity index (χ3n) is 5.48. The molecular weight excluding hydrogens is 436 g/mol. The highest BCUT2D eigenvalue weighted by atomic mass is 16.6. The Morgan fingerprint density at radius 1 is 1.09 bits per heavy atom. The number of amides is 2. The number of rotatable bonds is 9. The summed E-state index contributed by atoms with van der Waals surface area (Å²) in [5, 5.41) is 23.5. The number of fused-ring (bicyclic) bond motifs is 1. The molecule has 0 aliphatic rings. The first-order chi connectivity index (χ1) is 16.4. The highest BCUT2D eigenvalue weighted by Crippen LogP contribution is 2.35. The molecule has 0 fully saturated rings. The molecule has 3 rings (SSSR count). The number of carbonyl (C=O) groups excluding carboxylic acids is 2. The molecule has 0 aromatic heterocycles. The van der Waals surface area contributed by atoms with E-state index in [4.69, 9.17) is 14.7 Å². The molecule has 0 aliphatic carbocycles. The molecule has 2 amide bonds. The zero-order chi connectivity index (χ0) is 24.5. The zero-order valence-electron chi connectivity index (χ0n) is 19.0. The van der Waals surface area contributed by atoms with Crippen LogP contribution in [0.25, 0.3) is 10.8 Å². The molecule has 8 heteroatoms. The Labute approximate surface area is 197 Å². The molecule has 3 aromatic carbocycles. The topological polar surface area (TPSA) is 117 Å². The van der Waals surface area contributed by atoms with Gasteiger partial charge in [0.05, 0.1) is 12.8 Å². The lowest BCUT2D eigenvalue weighted by Crippen LogP contribution is -2.22. The minimum absolute atomic E-state index is 0.0604. The summed E-state index contributed by atoms with van der Waals surface area (Å²) in [5.74, 6) is -0.522. The van der Waals surface area contributed by atoms with Crippen molar-refractivity contribution in [2.45, 2.75) is 25.9 Å². The average Bonchev–Trinajstić information content (AvgIpc) is 2.85. The second-order valence-electron chi connectivity index (χ2n) is 7.84. The van der Waals surface area contributed by atoms with Crippen molar-refractivity contribution in [1.29, 1.82) is 0 Å². The number of hydrogen-bond donors (Lipinski definition) is 4. The first-order valence-electron chi connectivity index (χ1n) is 10.9. The van der Waals surface area contributed by atoms with Gasteiger partial charge < -0.3 is 14.6 Å². The molecule has 34 heavy (non-hydrogen) atoms. The van der Waals surface area contributed by atoms with E-state index in [-0.39, 0.29) is 11.7 Å². The van der Waals surface area contributed by atoms with Crippen molar-refractivity contribution < 1.29 is 29.4 Å². The molecule has 4 N–H and O–H groups in total. The molecule has 3 aromatic rings. The Balaban J connectivity index is 1.79. The van der Waals surface area contributed by atoms with Gasteiger partial charge in [-0.3, -0.25) is 15.3 Å². The van der Waals surface area contributed by atoms with Gasteiger partial charge in [0, 0.05) is 11.5 Å². The summed E-state index contributed by atoms with van der Waals surface area (Å²) in [6.45, 7) is 1.91. The SMILES string of the molecule is COc1ccc([C@@H](OC(=O)Nc2cccc3ccccc23)[C@H](C)CC/C=C/C(=O)NO)cc1O. The Hall–Kier alpha value is -4.04. The Kier molecular flexibility index (Phi) is 8.48. The van der Waals surface area contributed by atoms with Crippen molar-refractivity contribution in [3.63, 3.8) is 0 Å². The summed E-state index contributed by atoms with van der Waals surface area (Å²) in [7, 11) is 1.46. The van der Waals surface area contributed by atoms with Gasteiger partial charge in [0.2, 0.25) is 0 Å². The van der Waals surface area contributed by atoms with Crippen molar-refractivity contribution in [3.8, 4) is 11.5 Å². The monoisotopic (exact) mass is 464 g/mol. The standard InChI is InChI=1S/C26H28N2O6/c1-17(8-3-6-13-24(30)28-32)25(19-14-15-23(33-2)22(29)16-19)34-26(31)27-21-12-7-10-18-9-4-5-11-20(18)21/h4-7,9-17,25,29,32H,3,8H2,1-2H3,(H,27,31)(H,28,30)/b13-6+/t17-,25+/m1/s1. The van der Waals surface area contributed by atoms with Crippen LogP contribution in [0.4, 0.5) is 10.5 Å². The van der Waals surface area contributed by atoms with E-state index in [1.807, 2.05) is 43.3 Å². The maximum absolute atomic E-state index is 12.9. The number of benzene rings is 3. The van der Waals surface area contributed by atoms with Crippen molar-refractivity contribution in [3.05, 3.63) is 78.4 Å². The normalized spacial score (nSPS) is 12.8. The molecule has 0 saturated carbocycles. The summed E-state index contributed by atoms with van der Waals surface area (Å²) in [5.41, 5.74) is 2.77. The number of methoxy groups -OCH3 is 1. The van der Waals surface area contributed by atoms with E-state index in [0.29, 0.717) is 29.8 Å². The van der Waals surface area contributed by atoms with Gasteiger partial charge in [-0.2, -0.15) is 0 Å². The molecule has 0 radical (unpaired) electrons. The molecule has 0 bridgehead atoms. The fourth-order valence-electron chi connectivity index (χ4n) is 3.72. The fraction of sp³-hybridized carbons (Fsp3) is 0.231. The molecular formula is C26H28N2O6. The average molecular weight is 465 g/mol. The van der Waals surface area contributed by atoms with Crippen LogP contribution in [0.5, 0.6) is 11.5 Å². The first kappa shape index (κ1) is 24.6. The molecule has 178 valence electrons. The minimum Gasteiger partial charge on any atom is -0.504 e. The molecule has 0 unspecified atom stereocenters. The van der Waals surface area contributed by atoms with Gasteiger partial charge in [0.15, 0.2) is 11.5 Å². The van der Waals surface area contributed by atoms with Gasteiger partial charge in [-0.25, -0.2) is 10.3 Å². The predicted molar refractivity (Wildman–Crippen MR) is 129 cm³/mol. The van der Waals surface area contributed by atoms with E-state index in [9.17, 15) is 14.7 Å². The van der Waals surface area contributed by atoms with Crippen LogP contribution in [0.1, 0.15) is 31.4 Å². The third-order valence-corrected chi connectivity index (χ3v) is 5.48. The number of carbonyl (C=O) groups is 2. The van der Waals surface area contributed by atoms with Crippen LogP contribution in [0, 0.1) is 5.92 Å². The van der Waals surface area contributed by atoms with Gasteiger partial charge >= 0.3 is 6.09 Å². The van der Waals surface area contributed by atoms with Crippen molar-refractivity contribution in [2.24, 2.45) is 5.92 Å². The first-order valence-corrected chi connectivity index (χ1v) is 10.9. The van der Waals surface area contributed by atoms with Gasteiger partial charge in [-0.15, -0.1) is 0 Å². The molecule has 0 spiro atoms. The number of anilines is 1. The maximum atomic E-state index is 12.9. The summed E-state index contributed by atoms with van der Waals surface area (Å²) < 4.78 is 10.9. The number of hydrogen-bond acceptors (Lipinski definition) is 6. The second kappa shape index (κ2) is 11.7. The smallest absolute Gasteiger partial charge is 0.412 e. The van der Waals surface area contributed by atoms with Crippen LogP contribution in [-0.2, 0) is 9.53 Å². The van der Waals surface area contributed by atoms with E-state index in [0.717, 1.165) is 10.8 Å². The Morgan fingerprint density at radius 2 is 1.85 bits per heavy atom.